The van der Waals surface area contributed by atoms with Crippen molar-refractivity contribution < 1.29 is 0 Å². The maximum absolute atomic E-state index is 6.02. The molecule has 1 aliphatic carbocycles. The lowest BCUT2D eigenvalue weighted by Crippen LogP contribution is -2.18. The smallest absolute Gasteiger partial charge is 0.203 e. The maximum atomic E-state index is 6.02. The Balaban J connectivity index is 1.93. The Morgan fingerprint density at radius 3 is 2.81 bits per heavy atom. The summed E-state index contributed by atoms with van der Waals surface area (Å²) in [6.45, 7) is 0. The number of thiol groups is 1. The molecule has 0 radical (unpaired) electrons. The molecule has 112 valence electrons. The minimum atomic E-state index is 0.462. The normalized spacial score (nSPS) is 17.4. The minimum Gasteiger partial charge on any atom is -0.254 e. The van der Waals surface area contributed by atoms with Crippen molar-refractivity contribution in [1.29, 1.82) is 0 Å². The zero-order valence-electron chi connectivity index (χ0n) is 11.9. The van der Waals surface area contributed by atoms with Gasteiger partial charge in [-0.2, -0.15) is 5.10 Å². The number of halogens is 1. The maximum Gasteiger partial charge on any atom is 0.203 e. The first-order valence-electron chi connectivity index (χ1n) is 7.20. The Morgan fingerprint density at radius 2 is 2.10 bits per heavy atom. The van der Waals surface area contributed by atoms with E-state index in [-0.39, 0.29) is 0 Å². The van der Waals surface area contributed by atoms with Crippen molar-refractivity contribution in [2.75, 3.05) is 0 Å². The highest BCUT2D eigenvalue weighted by atomic mass is 35.5. The van der Waals surface area contributed by atoms with E-state index in [0.29, 0.717) is 11.1 Å². The van der Waals surface area contributed by atoms with Gasteiger partial charge in [-0.05, 0) is 25.0 Å². The van der Waals surface area contributed by atoms with E-state index in [1.54, 1.807) is 11.3 Å². The van der Waals surface area contributed by atoms with Gasteiger partial charge in [0.1, 0.15) is 5.01 Å². The fourth-order valence-electron chi connectivity index (χ4n) is 2.59. The number of hydrogen-bond acceptors (Lipinski definition) is 4. The summed E-state index contributed by atoms with van der Waals surface area (Å²) in [6.07, 6.45) is 6.35. The second-order valence-corrected chi connectivity index (χ2v) is 7.25. The predicted octanol–water partition coefficient (Wildman–Crippen LogP) is 4.32. The summed E-state index contributed by atoms with van der Waals surface area (Å²) in [6, 6.07) is 6.25. The van der Waals surface area contributed by atoms with Gasteiger partial charge < -0.3 is 0 Å². The predicted molar refractivity (Wildman–Crippen MR) is 91.2 cm³/mol. The monoisotopic (exact) mass is 339 g/mol. The van der Waals surface area contributed by atoms with Crippen LogP contribution in [-0.4, -0.2) is 15.8 Å². The van der Waals surface area contributed by atoms with E-state index in [9.17, 15) is 0 Å². The van der Waals surface area contributed by atoms with Crippen LogP contribution < -0.4 is 4.80 Å². The molecule has 0 aliphatic heterocycles. The van der Waals surface area contributed by atoms with Crippen molar-refractivity contribution >= 4 is 35.6 Å². The molecule has 0 unspecified atom stereocenters. The summed E-state index contributed by atoms with van der Waals surface area (Å²) in [7, 11) is 1.96. The standard InChI is InChI=1S/C15H18ClN3S2/c1-19-15(17-11-5-3-2-4-6-11)21-14(18-19)10-7-8-12(16)13(20)9-10/h7-9,11,20H,2-6H2,1H3/b17-15+. The van der Waals surface area contributed by atoms with Crippen LogP contribution in [0.1, 0.15) is 32.1 Å². The number of nitrogens with zero attached hydrogens (tertiary/aromatic N) is 3. The van der Waals surface area contributed by atoms with Crippen LogP contribution in [0.5, 0.6) is 0 Å². The molecule has 1 heterocycles. The molecule has 1 saturated carbocycles. The van der Waals surface area contributed by atoms with E-state index in [2.05, 4.69) is 17.7 Å². The molecule has 6 heteroatoms. The van der Waals surface area contributed by atoms with Crippen molar-refractivity contribution in [3.05, 3.63) is 28.0 Å². The van der Waals surface area contributed by atoms with E-state index >= 15 is 0 Å². The Bertz CT molecular complexity index is 699. The third kappa shape index (κ3) is 3.52. The summed E-state index contributed by atoms with van der Waals surface area (Å²) in [5, 5.41) is 6.20. The molecule has 3 rings (SSSR count). The summed E-state index contributed by atoms with van der Waals surface area (Å²) in [4.78, 5) is 6.65. The number of benzene rings is 1. The van der Waals surface area contributed by atoms with E-state index < -0.39 is 0 Å². The largest absolute Gasteiger partial charge is 0.254 e. The van der Waals surface area contributed by atoms with Gasteiger partial charge in [-0.3, -0.25) is 4.99 Å². The summed E-state index contributed by atoms with van der Waals surface area (Å²) < 4.78 is 1.88. The summed E-state index contributed by atoms with van der Waals surface area (Å²) in [5.74, 6) is 0. The third-order valence-corrected chi connectivity index (χ3v) is 5.66. The molecule has 3 nitrogen and oxygen atoms in total. The first-order chi connectivity index (χ1) is 10.1. The van der Waals surface area contributed by atoms with Crippen molar-refractivity contribution in [2.24, 2.45) is 12.0 Å². The Kier molecular flexibility index (Phi) is 4.72. The van der Waals surface area contributed by atoms with Crippen LogP contribution in [0.4, 0.5) is 0 Å². The molecule has 1 aromatic carbocycles. The molecule has 0 spiro atoms. The molecule has 0 atom stereocenters. The molecule has 1 aromatic heterocycles. The second kappa shape index (κ2) is 6.55. The van der Waals surface area contributed by atoms with E-state index in [4.69, 9.17) is 16.6 Å². The van der Waals surface area contributed by atoms with Crippen LogP contribution in [0.25, 0.3) is 10.6 Å². The van der Waals surface area contributed by atoms with Crippen LogP contribution in [0.3, 0.4) is 0 Å². The number of rotatable bonds is 2. The zero-order valence-corrected chi connectivity index (χ0v) is 14.4. The van der Waals surface area contributed by atoms with Gasteiger partial charge in [0, 0.05) is 17.5 Å². The highest BCUT2D eigenvalue weighted by molar-refractivity contribution is 7.80. The van der Waals surface area contributed by atoms with Crippen LogP contribution in [0.2, 0.25) is 5.02 Å². The van der Waals surface area contributed by atoms with Gasteiger partial charge >= 0.3 is 0 Å². The fourth-order valence-corrected chi connectivity index (χ4v) is 3.88. The number of aromatic nitrogens is 2. The Hall–Kier alpha value is -0.780. The lowest BCUT2D eigenvalue weighted by atomic mass is 9.96. The molecule has 2 aromatic rings. The van der Waals surface area contributed by atoms with Gasteiger partial charge in [0.15, 0.2) is 0 Å². The average molecular weight is 340 g/mol. The first-order valence-corrected chi connectivity index (χ1v) is 8.84. The zero-order chi connectivity index (χ0) is 14.8. The van der Waals surface area contributed by atoms with Crippen molar-refractivity contribution in [2.45, 2.75) is 43.0 Å². The first kappa shape index (κ1) is 15.1. The van der Waals surface area contributed by atoms with Crippen LogP contribution in [0.15, 0.2) is 28.1 Å². The highest BCUT2D eigenvalue weighted by Gasteiger charge is 2.13. The van der Waals surface area contributed by atoms with Gasteiger partial charge in [0.2, 0.25) is 4.80 Å². The van der Waals surface area contributed by atoms with Crippen molar-refractivity contribution in [1.82, 2.24) is 9.78 Å². The number of hydrogen-bond donors (Lipinski definition) is 1. The SMILES string of the molecule is Cn1nc(-c2ccc(Cl)c(S)c2)s/c1=N/C1CCCCC1. The van der Waals surface area contributed by atoms with Gasteiger partial charge in [0.25, 0.3) is 0 Å². The van der Waals surface area contributed by atoms with E-state index in [1.807, 2.05) is 29.9 Å². The average Bonchev–Trinajstić information content (AvgIpc) is 2.84. The Labute approximate surface area is 139 Å². The molecule has 0 bridgehead atoms. The Morgan fingerprint density at radius 1 is 1.33 bits per heavy atom. The van der Waals surface area contributed by atoms with E-state index in [0.717, 1.165) is 20.3 Å². The summed E-state index contributed by atoms with van der Waals surface area (Å²) >= 11 is 12.0. The molecular formula is C15H18ClN3S2. The minimum absolute atomic E-state index is 0.462. The second-order valence-electron chi connectivity index (χ2n) is 5.40. The molecule has 0 amide bonds. The topological polar surface area (TPSA) is 30.2 Å². The molecule has 21 heavy (non-hydrogen) atoms. The molecule has 1 fully saturated rings. The highest BCUT2D eigenvalue weighted by Crippen LogP contribution is 2.27. The van der Waals surface area contributed by atoms with Crippen LogP contribution in [0, 0.1) is 0 Å². The van der Waals surface area contributed by atoms with Gasteiger partial charge in [-0.15, -0.1) is 12.6 Å². The summed E-state index contributed by atoms with van der Waals surface area (Å²) in [5.41, 5.74) is 1.04. The van der Waals surface area contributed by atoms with E-state index in [1.165, 1.54) is 32.1 Å². The molecule has 1 aliphatic rings. The molecule has 0 saturated heterocycles. The van der Waals surface area contributed by atoms with Gasteiger partial charge in [-0.25, -0.2) is 4.68 Å². The lowest BCUT2D eigenvalue weighted by Gasteiger charge is -2.16. The third-order valence-electron chi connectivity index (χ3n) is 3.77. The lowest BCUT2D eigenvalue weighted by molar-refractivity contribution is 0.434. The van der Waals surface area contributed by atoms with Crippen molar-refractivity contribution in [3.8, 4) is 10.6 Å². The van der Waals surface area contributed by atoms with Gasteiger partial charge in [0.05, 0.1) is 11.1 Å². The number of aryl methyl sites for hydroxylation is 1. The fraction of sp³-hybridized carbons (Fsp3) is 0.467. The molecular weight excluding hydrogens is 322 g/mol. The van der Waals surface area contributed by atoms with Crippen molar-refractivity contribution in [3.63, 3.8) is 0 Å². The quantitative estimate of drug-likeness (QED) is 0.811. The van der Waals surface area contributed by atoms with Gasteiger partial charge in [-0.1, -0.05) is 48.3 Å². The van der Waals surface area contributed by atoms with Crippen LogP contribution >= 0.6 is 35.6 Å². The molecule has 0 N–H and O–H groups in total. The van der Waals surface area contributed by atoms with Crippen LogP contribution in [-0.2, 0) is 7.05 Å².